The van der Waals surface area contributed by atoms with Crippen LogP contribution in [0.1, 0.15) is 36.5 Å². The molecule has 0 fully saturated rings. The van der Waals surface area contributed by atoms with Crippen LogP contribution < -0.4 is 15.8 Å². The van der Waals surface area contributed by atoms with Crippen LogP contribution in [-0.4, -0.2) is 31.2 Å². The van der Waals surface area contributed by atoms with E-state index in [1.807, 2.05) is 0 Å². The molecule has 1 amide bonds. The van der Waals surface area contributed by atoms with Crippen molar-refractivity contribution in [2.45, 2.75) is 26.2 Å². The standard InChI is InChI=1S/C15H24N2O3/c1-3-5-11(8-9-16)10-17-15(19)12-6-4-7-13(20-2)14(12)18/h4,6-7,11,18H,3,5,8-10,16H2,1-2H3,(H,17,19). The van der Waals surface area contributed by atoms with Crippen molar-refractivity contribution in [3.63, 3.8) is 0 Å². The minimum atomic E-state index is -0.292. The van der Waals surface area contributed by atoms with Crippen LogP contribution in [0.2, 0.25) is 0 Å². The summed E-state index contributed by atoms with van der Waals surface area (Å²) in [4.78, 5) is 12.1. The van der Waals surface area contributed by atoms with E-state index in [1.165, 1.54) is 7.11 Å². The van der Waals surface area contributed by atoms with E-state index in [4.69, 9.17) is 10.5 Å². The van der Waals surface area contributed by atoms with Crippen LogP contribution in [0.25, 0.3) is 0 Å². The molecule has 1 unspecified atom stereocenters. The first-order valence-corrected chi connectivity index (χ1v) is 6.98. The molecule has 0 spiro atoms. The fourth-order valence-electron chi connectivity index (χ4n) is 2.19. The van der Waals surface area contributed by atoms with Crippen LogP contribution in [0.4, 0.5) is 0 Å². The highest BCUT2D eigenvalue weighted by Gasteiger charge is 2.16. The molecule has 0 aromatic heterocycles. The highest BCUT2D eigenvalue weighted by atomic mass is 16.5. The Morgan fingerprint density at radius 3 is 2.80 bits per heavy atom. The van der Waals surface area contributed by atoms with E-state index in [1.54, 1.807) is 18.2 Å². The minimum Gasteiger partial charge on any atom is -0.504 e. The van der Waals surface area contributed by atoms with Crippen LogP contribution in [0.15, 0.2) is 18.2 Å². The van der Waals surface area contributed by atoms with Crippen molar-refractivity contribution < 1.29 is 14.6 Å². The monoisotopic (exact) mass is 280 g/mol. The molecule has 5 nitrogen and oxygen atoms in total. The van der Waals surface area contributed by atoms with Crippen LogP contribution in [-0.2, 0) is 0 Å². The maximum Gasteiger partial charge on any atom is 0.255 e. The van der Waals surface area contributed by atoms with Gasteiger partial charge in [-0.3, -0.25) is 4.79 Å². The zero-order valence-electron chi connectivity index (χ0n) is 12.2. The van der Waals surface area contributed by atoms with Crippen molar-refractivity contribution >= 4 is 5.91 Å². The van der Waals surface area contributed by atoms with Crippen LogP contribution in [0.5, 0.6) is 11.5 Å². The number of phenols is 1. The van der Waals surface area contributed by atoms with Gasteiger partial charge < -0.3 is 20.9 Å². The van der Waals surface area contributed by atoms with Gasteiger partial charge in [0.25, 0.3) is 5.91 Å². The second-order valence-corrected chi connectivity index (χ2v) is 4.80. The maximum absolute atomic E-state index is 12.1. The Kier molecular flexibility index (Phi) is 6.87. The van der Waals surface area contributed by atoms with Gasteiger partial charge in [-0.1, -0.05) is 19.4 Å². The van der Waals surface area contributed by atoms with Crippen molar-refractivity contribution in [1.82, 2.24) is 5.32 Å². The highest BCUT2D eigenvalue weighted by molar-refractivity contribution is 5.97. The lowest BCUT2D eigenvalue weighted by molar-refractivity contribution is 0.0942. The predicted molar refractivity (Wildman–Crippen MR) is 79.1 cm³/mol. The zero-order chi connectivity index (χ0) is 15.0. The molecule has 0 aliphatic heterocycles. The lowest BCUT2D eigenvalue weighted by Gasteiger charge is -2.16. The molecular weight excluding hydrogens is 256 g/mol. The smallest absolute Gasteiger partial charge is 0.255 e. The average molecular weight is 280 g/mol. The molecule has 1 rings (SSSR count). The Hall–Kier alpha value is -1.75. The molecule has 20 heavy (non-hydrogen) atoms. The van der Waals surface area contributed by atoms with Crippen LogP contribution in [0.3, 0.4) is 0 Å². The number of nitrogens with two attached hydrogens (primary N) is 1. The Morgan fingerprint density at radius 1 is 1.45 bits per heavy atom. The quantitative estimate of drug-likeness (QED) is 0.679. The number of rotatable bonds is 8. The number of hydrogen-bond acceptors (Lipinski definition) is 4. The highest BCUT2D eigenvalue weighted by Crippen LogP contribution is 2.29. The normalized spacial score (nSPS) is 11.9. The Labute approximate surface area is 120 Å². The van der Waals surface area contributed by atoms with Gasteiger partial charge in [-0.15, -0.1) is 0 Å². The molecule has 0 bridgehead atoms. The van der Waals surface area contributed by atoms with Crippen LogP contribution >= 0.6 is 0 Å². The van der Waals surface area contributed by atoms with Crippen molar-refractivity contribution in [2.24, 2.45) is 11.7 Å². The van der Waals surface area contributed by atoms with Crippen LogP contribution in [0, 0.1) is 5.92 Å². The first kappa shape index (κ1) is 16.3. The Morgan fingerprint density at radius 2 is 2.20 bits per heavy atom. The van der Waals surface area contributed by atoms with Gasteiger partial charge in [-0.2, -0.15) is 0 Å². The number of nitrogens with one attached hydrogen (secondary N) is 1. The first-order valence-electron chi connectivity index (χ1n) is 6.98. The summed E-state index contributed by atoms with van der Waals surface area (Å²) in [6.07, 6.45) is 2.98. The third-order valence-corrected chi connectivity index (χ3v) is 3.29. The minimum absolute atomic E-state index is 0.127. The summed E-state index contributed by atoms with van der Waals surface area (Å²) in [7, 11) is 1.45. The van der Waals surface area contributed by atoms with Gasteiger partial charge in [0.2, 0.25) is 0 Å². The number of methoxy groups -OCH3 is 1. The number of phenolic OH excluding ortho intramolecular Hbond substituents is 1. The third kappa shape index (κ3) is 4.42. The van der Waals surface area contributed by atoms with Crippen molar-refractivity contribution in [3.8, 4) is 11.5 Å². The van der Waals surface area contributed by atoms with Crippen molar-refractivity contribution in [3.05, 3.63) is 23.8 Å². The predicted octanol–water partition coefficient (Wildman–Crippen LogP) is 1.90. The molecular formula is C15H24N2O3. The largest absolute Gasteiger partial charge is 0.504 e. The second-order valence-electron chi connectivity index (χ2n) is 4.80. The first-order chi connectivity index (χ1) is 9.63. The van der Waals surface area contributed by atoms with Gasteiger partial charge in [0.05, 0.1) is 12.7 Å². The summed E-state index contributed by atoms with van der Waals surface area (Å²) in [5, 5.41) is 12.8. The summed E-state index contributed by atoms with van der Waals surface area (Å²) in [6.45, 7) is 3.30. The van der Waals surface area contributed by atoms with Gasteiger partial charge in [0.1, 0.15) is 0 Å². The van der Waals surface area contributed by atoms with Gasteiger partial charge in [-0.05, 0) is 37.4 Å². The number of benzene rings is 1. The van der Waals surface area contributed by atoms with E-state index in [-0.39, 0.29) is 17.2 Å². The molecule has 112 valence electrons. The fourth-order valence-corrected chi connectivity index (χ4v) is 2.19. The van der Waals surface area contributed by atoms with E-state index >= 15 is 0 Å². The number of carbonyl (C=O) groups is 1. The summed E-state index contributed by atoms with van der Waals surface area (Å²) in [5.41, 5.74) is 5.80. The van der Waals surface area contributed by atoms with E-state index in [0.29, 0.717) is 24.8 Å². The number of ether oxygens (including phenoxy) is 1. The molecule has 0 radical (unpaired) electrons. The number of hydrogen-bond donors (Lipinski definition) is 3. The Bertz CT molecular complexity index is 429. The number of aromatic hydroxyl groups is 1. The van der Waals surface area contributed by atoms with E-state index < -0.39 is 0 Å². The number of para-hydroxylation sites is 1. The van der Waals surface area contributed by atoms with E-state index in [2.05, 4.69) is 12.2 Å². The fraction of sp³-hybridized carbons (Fsp3) is 0.533. The zero-order valence-corrected chi connectivity index (χ0v) is 12.2. The molecule has 1 aromatic rings. The summed E-state index contributed by atoms with van der Waals surface area (Å²) >= 11 is 0. The summed E-state index contributed by atoms with van der Waals surface area (Å²) in [6, 6.07) is 4.86. The van der Waals surface area contributed by atoms with Gasteiger partial charge in [0.15, 0.2) is 11.5 Å². The number of amides is 1. The Balaban J connectivity index is 2.66. The molecule has 4 N–H and O–H groups in total. The van der Waals surface area contributed by atoms with E-state index in [9.17, 15) is 9.90 Å². The molecule has 0 aliphatic carbocycles. The van der Waals surface area contributed by atoms with Gasteiger partial charge in [-0.25, -0.2) is 0 Å². The molecule has 0 saturated carbocycles. The van der Waals surface area contributed by atoms with E-state index in [0.717, 1.165) is 19.3 Å². The lowest BCUT2D eigenvalue weighted by Crippen LogP contribution is -2.30. The van der Waals surface area contributed by atoms with Crippen molar-refractivity contribution in [1.29, 1.82) is 0 Å². The molecule has 0 heterocycles. The molecule has 1 aromatic carbocycles. The van der Waals surface area contributed by atoms with Crippen molar-refractivity contribution in [2.75, 3.05) is 20.2 Å². The molecule has 0 aliphatic rings. The lowest BCUT2D eigenvalue weighted by atomic mass is 9.99. The maximum atomic E-state index is 12.1. The third-order valence-electron chi connectivity index (χ3n) is 3.29. The molecule has 0 saturated heterocycles. The summed E-state index contributed by atoms with van der Waals surface area (Å²) < 4.78 is 4.99. The molecule has 1 atom stereocenters. The topological polar surface area (TPSA) is 84.6 Å². The number of carbonyl (C=O) groups excluding carboxylic acids is 1. The van der Waals surface area contributed by atoms with Gasteiger partial charge >= 0.3 is 0 Å². The second kappa shape index (κ2) is 8.43. The SMILES string of the molecule is CCCC(CCN)CNC(=O)c1cccc(OC)c1O. The summed E-state index contributed by atoms with van der Waals surface area (Å²) in [5.74, 6) is 0.254. The van der Waals surface area contributed by atoms with Gasteiger partial charge in [0, 0.05) is 6.54 Å². The average Bonchev–Trinajstić information content (AvgIpc) is 2.45. The molecule has 5 heteroatoms.